The van der Waals surface area contributed by atoms with Gasteiger partial charge in [0.15, 0.2) is 0 Å². The number of rotatable bonds is 9. The minimum absolute atomic E-state index is 0.166. The summed E-state index contributed by atoms with van der Waals surface area (Å²) in [6, 6.07) is 0. The van der Waals surface area contributed by atoms with Crippen molar-refractivity contribution in [2.45, 2.75) is 32.5 Å². The lowest BCUT2D eigenvalue weighted by Gasteiger charge is -2.15. The van der Waals surface area contributed by atoms with Crippen LogP contribution in [0.3, 0.4) is 0 Å². The van der Waals surface area contributed by atoms with E-state index in [1.807, 2.05) is 6.92 Å². The lowest BCUT2D eigenvalue weighted by atomic mass is 10.3. The zero-order valence-corrected chi connectivity index (χ0v) is 9.03. The fraction of sp³-hybridized carbons (Fsp3) is 1.00. The Labute approximate surface area is 85.5 Å². The summed E-state index contributed by atoms with van der Waals surface area (Å²) in [6.07, 6.45) is 1.45. The van der Waals surface area contributed by atoms with Gasteiger partial charge in [-0.05, 0) is 13.3 Å². The van der Waals surface area contributed by atoms with Crippen molar-refractivity contribution in [3.63, 3.8) is 0 Å². The molecule has 0 radical (unpaired) electrons. The maximum absolute atomic E-state index is 5.59. The molecule has 1 fully saturated rings. The zero-order valence-electron chi connectivity index (χ0n) is 9.03. The number of epoxide rings is 1. The van der Waals surface area contributed by atoms with Crippen LogP contribution in [0.2, 0.25) is 0 Å². The molecule has 1 rings (SSSR count). The van der Waals surface area contributed by atoms with Crippen LogP contribution in [0.1, 0.15) is 20.3 Å². The molecule has 0 spiro atoms. The first-order valence-electron chi connectivity index (χ1n) is 5.25. The normalized spacial score (nSPS) is 22.3. The molecule has 0 aromatic heterocycles. The number of hydrogen-bond donors (Lipinski definition) is 0. The summed E-state index contributed by atoms with van der Waals surface area (Å²) in [5.74, 6) is 0. The van der Waals surface area contributed by atoms with E-state index in [0.717, 1.165) is 13.0 Å². The Morgan fingerprint density at radius 2 is 2.14 bits per heavy atom. The zero-order chi connectivity index (χ0) is 10.2. The van der Waals surface area contributed by atoms with E-state index in [4.69, 9.17) is 18.9 Å². The van der Waals surface area contributed by atoms with Gasteiger partial charge in [0, 0.05) is 6.61 Å². The molecule has 4 heteroatoms. The van der Waals surface area contributed by atoms with Crippen LogP contribution in [0.5, 0.6) is 0 Å². The molecule has 4 nitrogen and oxygen atoms in total. The Morgan fingerprint density at radius 3 is 2.71 bits per heavy atom. The van der Waals surface area contributed by atoms with Crippen LogP contribution >= 0.6 is 0 Å². The van der Waals surface area contributed by atoms with Crippen molar-refractivity contribution in [1.29, 1.82) is 0 Å². The Hall–Kier alpha value is -0.160. The van der Waals surface area contributed by atoms with Gasteiger partial charge in [-0.3, -0.25) is 0 Å². The second kappa shape index (κ2) is 7.17. The molecule has 0 aromatic carbocycles. The average Bonchev–Trinajstić information content (AvgIpc) is 3.01. The van der Waals surface area contributed by atoms with E-state index in [1.54, 1.807) is 0 Å². The van der Waals surface area contributed by atoms with Crippen LogP contribution in [0.15, 0.2) is 0 Å². The molecule has 2 atom stereocenters. The highest BCUT2D eigenvalue weighted by molar-refractivity contribution is 4.68. The van der Waals surface area contributed by atoms with Crippen molar-refractivity contribution in [1.82, 2.24) is 0 Å². The van der Waals surface area contributed by atoms with E-state index in [0.29, 0.717) is 32.7 Å². The largest absolute Gasteiger partial charge is 0.373 e. The maximum Gasteiger partial charge on any atom is 0.146 e. The second-order valence-corrected chi connectivity index (χ2v) is 3.30. The molecule has 0 bridgehead atoms. The van der Waals surface area contributed by atoms with Gasteiger partial charge in [0.05, 0.1) is 25.9 Å². The van der Waals surface area contributed by atoms with Gasteiger partial charge < -0.3 is 18.9 Å². The summed E-state index contributed by atoms with van der Waals surface area (Å²) in [5, 5.41) is 0. The third-order valence-corrected chi connectivity index (χ3v) is 2.05. The summed E-state index contributed by atoms with van der Waals surface area (Å²) in [6.45, 7) is 7.21. The first-order chi connectivity index (χ1) is 6.86. The Morgan fingerprint density at radius 1 is 1.36 bits per heavy atom. The first-order valence-corrected chi connectivity index (χ1v) is 5.25. The van der Waals surface area contributed by atoms with Gasteiger partial charge in [-0.15, -0.1) is 0 Å². The molecular formula is C10H20O4. The van der Waals surface area contributed by atoms with E-state index in [9.17, 15) is 0 Å². The highest BCUT2D eigenvalue weighted by atomic mass is 16.7. The van der Waals surface area contributed by atoms with Gasteiger partial charge in [-0.25, -0.2) is 0 Å². The van der Waals surface area contributed by atoms with Gasteiger partial charge in [0.2, 0.25) is 0 Å². The van der Waals surface area contributed by atoms with Gasteiger partial charge >= 0.3 is 0 Å². The van der Waals surface area contributed by atoms with Crippen LogP contribution < -0.4 is 0 Å². The highest BCUT2D eigenvalue weighted by Crippen LogP contribution is 2.11. The topological polar surface area (TPSA) is 40.2 Å². The van der Waals surface area contributed by atoms with Gasteiger partial charge in [-0.2, -0.15) is 0 Å². The summed E-state index contributed by atoms with van der Waals surface area (Å²) in [4.78, 5) is 0. The van der Waals surface area contributed by atoms with E-state index >= 15 is 0 Å². The fourth-order valence-corrected chi connectivity index (χ4v) is 1.01. The van der Waals surface area contributed by atoms with Crippen molar-refractivity contribution in [2.24, 2.45) is 0 Å². The molecule has 1 aliphatic heterocycles. The maximum atomic E-state index is 5.59. The monoisotopic (exact) mass is 204 g/mol. The predicted molar refractivity (Wildman–Crippen MR) is 52.2 cm³/mol. The molecule has 0 N–H and O–H groups in total. The smallest absolute Gasteiger partial charge is 0.146 e. The third kappa shape index (κ3) is 5.54. The molecular weight excluding hydrogens is 184 g/mol. The minimum Gasteiger partial charge on any atom is -0.373 e. The van der Waals surface area contributed by atoms with Crippen LogP contribution in [-0.4, -0.2) is 45.4 Å². The third-order valence-electron chi connectivity index (χ3n) is 2.05. The van der Waals surface area contributed by atoms with Gasteiger partial charge in [-0.1, -0.05) is 6.92 Å². The van der Waals surface area contributed by atoms with Crippen molar-refractivity contribution in [2.75, 3.05) is 33.2 Å². The molecule has 0 unspecified atom stereocenters. The van der Waals surface area contributed by atoms with Gasteiger partial charge in [0.1, 0.15) is 12.9 Å². The van der Waals surface area contributed by atoms with Crippen LogP contribution in [0.25, 0.3) is 0 Å². The van der Waals surface area contributed by atoms with Crippen LogP contribution in [-0.2, 0) is 18.9 Å². The molecule has 84 valence electrons. The van der Waals surface area contributed by atoms with E-state index in [1.165, 1.54) is 0 Å². The summed E-state index contributed by atoms with van der Waals surface area (Å²) in [7, 11) is 0. The SMILES string of the molecule is CCOCOC[C@H](CC)OC[C@@H]1CO1. The second-order valence-electron chi connectivity index (χ2n) is 3.30. The van der Waals surface area contributed by atoms with Crippen molar-refractivity contribution < 1.29 is 18.9 Å². The minimum atomic E-state index is 0.166. The standard InChI is InChI=1S/C10H20O4/c1-3-9(5-12-8-11-4-2)13-6-10-7-14-10/h9-10H,3-8H2,1-2H3/t9-,10+/m0/s1. The van der Waals surface area contributed by atoms with E-state index in [2.05, 4.69) is 6.92 Å². The molecule has 1 aliphatic rings. The van der Waals surface area contributed by atoms with Crippen LogP contribution in [0.4, 0.5) is 0 Å². The number of ether oxygens (including phenoxy) is 4. The average molecular weight is 204 g/mol. The lowest BCUT2D eigenvalue weighted by molar-refractivity contribution is -0.0916. The summed E-state index contributed by atoms with van der Waals surface area (Å²) in [5.41, 5.74) is 0. The van der Waals surface area contributed by atoms with Crippen LogP contribution in [0, 0.1) is 0 Å². The Bertz CT molecular complexity index is 136. The van der Waals surface area contributed by atoms with E-state index in [-0.39, 0.29) is 6.10 Å². The Balaban J connectivity index is 1.93. The molecule has 1 heterocycles. The van der Waals surface area contributed by atoms with Gasteiger partial charge in [0.25, 0.3) is 0 Å². The Kier molecular flexibility index (Phi) is 6.10. The molecule has 14 heavy (non-hydrogen) atoms. The summed E-state index contributed by atoms with van der Waals surface area (Å²) < 4.78 is 21.0. The molecule has 0 aromatic rings. The predicted octanol–water partition coefficient (Wildman–Crippen LogP) is 1.19. The van der Waals surface area contributed by atoms with Crippen molar-refractivity contribution in [3.8, 4) is 0 Å². The molecule has 0 amide bonds. The fourth-order valence-electron chi connectivity index (χ4n) is 1.01. The lowest BCUT2D eigenvalue weighted by Crippen LogP contribution is -2.22. The number of hydrogen-bond acceptors (Lipinski definition) is 4. The molecule has 0 aliphatic carbocycles. The molecule has 1 saturated heterocycles. The molecule has 0 saturated carbocycles. The van der Waals surface area contributed by atoms with E-state index < -0.39 is 0 Å². The quantitative estimate of drug-likeness (QED) is 0.321. The summed E-state index contributed by atoms with van der Waals surface area (Å²) >= 11 is 0. The highest BCUT2D eigenvalue weighted by Gasteiger charge is 2.23. The first kappa shape index (κ1) is 11.9. The van der Waals surface area contributed by atoms with Crippen molar-refractivity contribution >= 4 is 0 Å². The van der Waals surface area contributed by atoms with Crippen molar-refractivity contribution in [3.05, 3.63) is 0 Å².